The Labute approximate surface area is 186 Å². The third-order valence-corrected chi connectivity index (χ3v) is 5.15. The Morgan fingerprint density at radius 1 is 0.656 bits per heavy atom. The van der Waals surface area contributed by atoms with Gasteiger partial charge in [0.1, 0.15) is 11.5 Å². The van der Waals surface area contributed by atoms with Crippen LogP contribution in [0.2, 0.25) is 0 Å². The normalized spacial score (nSPS) is 14.8. The summed E-state index contributed by atoms with van der Waals surface area (Å²) in [5.41, 5.74) is 3.19. The first kappa shape index (κ1) is 21.2. The van der Waals surface area contributed by atoms with Gasteiger partial charge < -0.3 is 20.1 Å². The lowest BCUT2D eigenvalue weighted by Gasteiger charge is -2.09. The Bertz CT molecular complexity index is 1030. The van der Waals surface area contributed by atoms with Crippen molar-refractivity contribution in [1.29, 1.82) is 0 Å². The summed E-state index contributed by atoms with van der Waals surface area (Å²) >= 11 is 0. The molecule has 6 heteroatoms. The van der Waals surface area contributed by atoms with Gasteiger partial charge in [-0.2, -0.15) is 0 Å². The van der Waals surface area contributed by atoms with E-state index in [1.807, 2.05) is 48.5 Å². The van der Waals surface area contributed by atoms with Crippen molar-refractivity contribution in [3.8, 4) is 11.5 Å². The molecule has 6 nitrogen and oxygen atoms in total. The number of benzene rings is 2. The van der Waals surface area contributed by atoms with E-state index < -0.39 is 0 Å². The van der Waals surface area contributed by atoms with Crippen LogP contribution in [-0.4, -0.2) is 25.0 Å². The zero-order chi connectivity index (χ0) is 22.5. The van der Waals surface area contributed by atoms with Gasteiger partial charge in [-0.3, -0.25) is 9.59 Å². The van der Waals surface area contributed by atoms with E-state index in [0.29, 0.717) is 47.3 Å². The van der Waals surface area contributed by atoms with Crippen molar-refractivity contribution in [2.75, 3.05) is 13.2 Å². The lowest BCUT2D eigenvalue weighted by atomic mass is 10.0. The molecule has 2 heterocycles. The summed E-state index contributed by atoms with van der Waals surface area (Å²) in [6.07, 6.45) is 5.10. The predicted octanol–water partition coefficient (Wildman–Crippen LogP) is 3.98. The van der Waals surface area contributed by atoms with Crippen molar-refractivity contribution in [2.45, 2.75) is 12.8 Å². The summed E-state index contributed by atoms with van der Waals surface area (Å²) in [6.45, 7) is 8.44. The van der Waals surface area contributed by atoms with Gasteiger partial charge in [-0.1, -0.05) is 12.2 Å². The molecule has 2 aliphatic rings. The van der Waals surface area contributed by atoms with Crippen molar-refractivity contribution < 1.29 is 19.1 Å². The monoisotopic (exact) mass is 428 g/mol. The van der Waals surface area contributed by atoms with Gasteiger partial charge in [-0.05, 0) is 72.5 Å². The Morgan fingerprint density at radius 3 is 1.38 bits per heavy atom. The summed E-state index contributed by atoms with van der Waals surface area (Å²) in [5.74, 6) is 0.823. The lowest BCUT2D eigenvalue weighted by molar-refractivity contribution is -0.117. The van der Waals surface area contributed by atoms with Crippen LogP contribution in [0.3, 0.4) is 0 Å². The van der Waals surface area contributed by atoms with Crippen LogP contribution in [-0.2, 0) is 9.59 Å². The average molecular weight is 428 g/mol. The van der Waals surface area contributed by atoms with Crippen molar-refractivity contribution >= 4 is 23.2 Å². The number of carbonyl (C=O) groups is 2. The van der Waals surface area contributed by atoms with Crippen molar-refractivity contribution in [3.05, 3.63) is 96.1 Å². The first-order valence-electron chi connectivity index (χ1n) is 10.4. The smallest absolute Gasteiger partial charge is 0.258 e. The van der Waals surface area contributed by atoms with Crippen LogP contribution in [0.1, 0.15) is 24.0 Å². The van der Waals surface area contributed by atoms with Gasteiger partial charge in [0, 0.05) is 0 Å². The number of hydrogen-bond donors (Lipinski definition) is 2. The summed E-state index contributed by atoms with van der Waals surface area (Å²) in [5, 5.41) is 5.71. The largest absolute Gasteiger partial charge is 0.493 e. The molecule has 2 N–H and O–H groups in total. The summed E-state index contributed by atoms with van der Waals surface area (Å²) in [7, 11) is 0. The zero-order valence-electron chi connectivity index (χ0n) is 17.6. The van der Waals surface area contributed by atoms with Crippen molar-refractivity contribution in [3.63, 3.8) is 0 Å². The minimum absolute atomic E-state index is 0.305. The molecule has 32 heavy (non-hydrogen) atoms. The van der Waals surface area contributed by atoms with Crippen LogP contribution in [0.15, 0.2) is 85.0 Å². The molecule has 2 aliphatic heterocycles. The van der Waals surface area contributed by atoms with Gasteiger partial charge in [0.05, 0.1) is 35.8 Å². The van der Waals surface area contributed by atoms with E-state index >= 15 is 0 Å². The third-order valence-electron chi connectivity index (χ3n) is 5.15. The molecule has 2 aromatic rings. The maximum Gasteiger partial charge on any atom is 0.258 e. The van der Waals surface area contributed by atoms with Gasteiger partial charge in [-0.15, -0.1) is 13.2 Å². The van der Waals surface area contributed by atoms with Gasteiger partial charge >= 0.3 is 0 Å². The molecule has 2 aromatic carbocycles. The second-order valence-electron chi connectivity index (χ2n) is 7.31. The van der Waals surface area contributed by atoms with E-state index in [2.05, 4.69) is 23.8 Å². The predicted molar refractivity (Wildman–Crippen MR) is 124 cm³/mol. The van der Waals surface area contributed by atoms with E-state index in [1.165, 1.54) is 0 Å². The number of carbonyl (C=O) groups excluding carboxylic acids is 2. The summed E-state index contributed by atoms with van der Waals surface area (Å²) < 4.78 is 11.3. The highest BCUT2D eigenvalue weighted by atomic mass is 16.5. The van der Waals surface area contributed by atoms with Crippen LogP contribution >= 0.6 is 0 Å². The molecule has 0 fully saturated rings. The van der Waals surface area contributed by atoms with Gasteiger partial charge in [-0.25, -0.2) is 0 Å². The molecule has 0 aliphatic carbocycles. The molecule has 2 amide bonds. The van der Waals surface area contributed by atoms with E-state index in [0.717, 1.165) is 24.0 Å². The quantitative estimate of drug-likeness (QED) is 0.443. The first-order chi connectivity index (χ1) is 15.6. The van der Waals surface area contributed by atoms with Gasteiger partial charge in [0.25, 0.3) is 11.8 Å². The topological polar surface area (TPSA) is 76.7 Å². The fraction of sp³-hybridized carbons (Fsp3) is 0.154. The standard InChI is InChI=1S/C26H24N2O4/c1-3-5-15-31-19-11-7-17(8-12-19)23-21-22(26(30)27-23)24(28-25(21)29)18-9-13-20(14-10-18)32-16-6-4-2/h3-4,7-14H,1-2,5-6,15-16H2,(H,27,30)(H,28,29). The lowest BCUT2D eigenvalue weighted by Crippen LogP contribution is -2.21. The second-order valence-corrected chi connectivity index (χ2v) is 7.31. The summed E-state index contributed by atoms with van der Waals surface area (Å²) in [6, 6.07) is 14.6. The molecular formula is C26H24N2O4. The molecular weight excluding hydrogens is 404 g/mol. The third kappa shape index (κ3) is 4.21. The van der Waals surface area contributed by atoms with E-state index in [9.17, 15) is 9.59 Å². The molecule has 0 spiro atoms. The van der Waals surface area contributed by atoms with Gasteiger partial charge in [0.2, 0.25) is 0 Å². The fourth-order valence-electron chi connectivity index (χ4n) is 3.57. The molecule has 4 rings (SSSR count). The number of nitrogens with one attached hydrogen (secondary N) is 2. The van der Waals surface area contributed by atoms with Crippen LogP contribution in [0.25, 0.3) is 11.4 Å². The molecule has 162 valence electrons. The van der Waals surface area contributed by atoms with Crippen LogP contribution in [0, 0.1) is 0 Å². The Balaban J connectivity index is 1.60. The molecule has 0 atom stereocenters. The van der Waals surface area contributed by atoms with E-state index in [-0.39, 0.29) is 11.8 Å². The Morgan fingerprint density at radius 2 is 1.03 bits per heavy atom. The maximum atomic E-state index is 12.8. The van der Waals surface area contributed by atoms with E-state index in [4.69, 9.17) is 9.47 Å². The minimum Gasteiger partial charge on any atom is -0.493 e. The highest BCUT2D eigenvalue weighted by Crippen LogP contribution is 2.37. The number of ether oxygens (including phenoxy) is 2. The van der Waals surface area contributed by atoms with Crippen LogP contribution < -0.4 is 20.1 Å². The zero-order valence-corrected chi connectivity index (χ0v) is 17.6. The average Bonchev–Trinajstić information content (AvgIpc) is 3.33. The minimum atomic E-state index is -0.305. The molecule has 0 unspecified atom stereocenters. The molecule has 0 radical (unpaired) electrons. The van der Waals surface area contributed by atoms with E-state index in [1.54, 1.807) is 12.2 Å². The molecule has 0 aromatic heterocycles. The molecule has 0 saturated carbocycles. The van der Waals surface area contributed by atoms with Crippen LogP contribution in [0.5, 0.6) is 11.5 Å². The molecule has 0 saturated heterocycles. The second kappa shape index (κ2) is 9.39. The Kier molecular flexibility index (Phi) is 6.22. The van der Waals surface area contributed by atoms with Crippen molar-refractivity contribution in [1.82, 2.24) is 10.6 Å². The Hall–Kier alpha value is -4.06. The van der Waals surface area contributed by atoms with Crippen LogP contribution in [0.4, 0.5) is 0 Å². The number of fused-ring (bicyclic) bond motifs is 1. The van der Waals surface area contributed by atoms with Gasteiger partial charge in [0.15, 0.2) is 0 Å². The summed E-state index contributed by atoms with van der Waals surface area (Å²) in [4.78, 5) is 25.6. The molecule has 0 bridgehead atoms. The fourth-order valence-corrected chi connectivity index (χ4v) is 3.57. The number of amides is 2. The number of hydrogen-bond acceptors (Lipinski definition) is 4. The SMILES string of the molecule is C=CCCOc1ccc(C2=C3C(=O)NC(c4ccc(OCCC=C)cc4)=C3C(=O)N2)cc1. The van der Waals surface area contributed by atoms with Crippen molar-refractivity contribution in [2.24, 2.45) is 0 Å². The first-order valence-corrected chi connectivity index (χ1v) is 10.4. The highest BCUT2D eigenvalue weighted by Gasteiger charge is 2.40. The maximum absolute atomic E-state index is 12.8. The highest BCUT2D eigenvalue weighted by molar-refractivity contribution is 6.30. The number of rotatable bonds is 10.